The number of hydrogen-bond acceptors (Lipinski definition) is 4. The average molecular weight is 391 g/mol. The number of benzene rings is 1. The Morgan fingerprint density at radius 2 is 1.88 bits per heavy atom. The third-order valence-corrected chi connectivity index (χ3v) is 7.14. The molecule has 26 heavy (non-hydrogen) atoms. The Balaban J connectivity index is 1.77. The summed E-state index contributed by atoms with van der Waals surface area (Å²) in [6.07, 6.45) is 3.49. The third-order valence-electron chi connectivity index (χ3n) is 4.37. The molecule has 0 spiro atoms. The molecule has 0 bridgehead atoms. The monoisotopic (exact) mass is 390 g/mol. The Bertz CT molecular complexity index is 853. The first-order valence-corrected chi connectivity index (χ1v) is 10.9. The van der Waals surface area contributed by atoms with Crippen LogP contribution in [0.25, 0.3) is 0 Å². The van der Waals surface area contributed by atoms with Gasteiger partial charge in [0.15, 0.2) is 0 Å². The lowest BCUT2D eigenvalue weighted by Crippen LogP contribution is -2.30. The molecule has 5 nitrogen and oxygen atoms in total. The predicted octanol–water partition coefficient (Wildman–Crippen LogP) is 3.36. The first kappa shape index (κ1) is 18.8. The van der Waals surface area contributed by atoms with Crippen molar-refractivity contribution in [1.82, 2.24) is 9.21 Å². The fourth-order valence-electron chi connectivity index (χ4n) is 3.00. The molecule has 1 amide bonds. The number of sulfonamides is 1. The van der Waals surface area contributed by atoms with Crippen molar-refractivity contribution in [2.45, 2.75) is 24.3 Å². The van der Waals surface area contributed by atoms with Crippen molar-refractivity contribution in [3.8, 4) is 0 Å². The van der Waals surface area contributed by atoms with E-state index in [9.17, 15) is 13.2 Å². The number of thiophene rings is 1. The van der Waals surface area contributed by atoms with Crippen molar-refractivity contribution < 1.29 is 13.2 Å². The number of nitrogens with zero attached hydrogens (tertiary/aromatic N) is 2. The molecule has 3 rings (SSSR count). The molecule has 1 aromatic heterocycles. The predicted molar refractivity (Wildman–Crippen MR) is 104 cm³/mol. The molecule has 2 heterocycles. The van der Waals surface area contributed by atoms with Crippen LogP contribution in [0.2, 0.25) is 0 Å². The molecule has 0 saturated carbocycles. The zero-order valence-electron chi connectivity index (χ0n) is 14.5. The van der Waals surface area contributed by atoms with E-state index < -0.39 is 10.0 Å². The van der Waals surface area contributed by atoms with Crippen LogP contribution >= 0.6 is 11.3 Å². The van der Waals surface area contributed by atoms with Crippen LogP contribution < -0.4 is 0 Å². The minimum Gasteiger partial charge on any atom is -0.330 e. The molecular formula is C19H22N2O3S2. The van der Waals surface area contributed by atoms with Gasteiger partial charge < -0.3 is 4.90 Å². The lowest BCUT2D eigenvalue weighted by molar-refractivity contribution is 0.0764. The van der Waals surface area contributed by atoms with Crippen LogP contribution in [0.3, 0.4) is 0 Å². The fourth-order valence-corrected chi connectivity index (χ4v) is 5.23. The molecule has 0 aliphatic carbocycles. The van der Waals surface area contributed by atoms with Crippen molar-refractivity contribution in [2.24, 2.45) is 0 Å². The van der Waals surface area contributed by atoms with Gasteiger partial charge >= 0.3 is 0 Å². The number of carbonyl (C=O) groups is 1. The van der Waals surface area contributed by atoms with E-state index in [0.717, 1.165) is 17.7 Å². The molecule has 7 heteroatoms. The SMILES string of the molecule is C=CCN(Cc1cccs1)C(=O)c1ccc(S(=O)(=O)N2CCCC2)cc1. The summed E-state index contributed by atoms with van der Waals surface area (Å²) in [7, 11) is -3.46. The largest absolute Gasteiger partial charge is 0.330 e. The summed E-state index contributed by atoms with van der Waals surface area (Å²) in [6.45, 7) is 5.80. The molecular weight excluding hydrogens is 368 g/mol. The Kier molecular flexibility index (Phi) is 5.90. The molecule has 1 saturated heterocycles. The molecule has 138 valence electrons. The van der Waals surface area contributed by atoms with Crippen molar-refractivity contribution in [1.29, 1.82) is 0 Å². The van der Waals surface area contributed by atoms with Crippen LogP contribution in [0.15, 0.2) is 59.3 Å². The molecule has 1 fully saturated rings. The van der Waals surface area contributed by atoms with E-state index in [0.29, 0.717) is 31.7 Å². The van der Waals surface area contributed by atoms with E-state index in [-0.39, 0.29) is 10.8 Å². The summed E-state index contributed by atoms with van der Waals surface area (Å²) in [5.74, 6) is -0.136. The van der Waals surface area contributed by atoms with Crippen LogP contribution in [0.4, 0.5) is 0 Å². The molecule has 1 aliphatic rings. The minimum atomic E-state index is -3.46. The maximum absolute atomic E-state index is 12.8. The van der Waals surface area contributed by atoms with E-state index in [1.165, 1.54) is 16.4 Å². The summed E-state index contributed by atoms with van der Waals surface area (Å²) >= 11 is 1.60. The highest BCUT2D eigenvalue weighted by Crippen LogP contribution is 2.22. The van der Waals surface area contributed by atoms with Gasteiger partial charge in [0, 0.05) is 30.1 Å². The molecule has 1 aromatic carbocycles. The van der Waals surface area contributed by atoms with Gasteiger partial charge in [-0.05, 0) is 48.6 Å². The fraction of sp³-hybridized carbons (Fsp3) is 0.316. The van der Waals surface area contributed by atoms with Gasteiger partial charge in [-0.2, -0.15) is 4.31 Å². The van der Waals surface area contributed by atoms with Gasteiger partial charge in [0.25, 0.3) is 5.91 Å². The van der Waals surface area contributed by atoms with Gasteiger partial charge in [0.1, 0.15) is 0 Å². The maximum Gasteiger partial charge on any atom is 0.254 e. The highest BCUT2D eigenvalue weighted by molar-refractivity contribution is 7.89. The minimum absolute atomic E-state index is 0.136. The molecule has 0 N–H and O–H groups in total. The van der Waals surface area contributed by atoms with Gasteiger partial charge in [-0.1, -0.05) is 12.1 Å². The second-order valence-electron chi connectivity index (χ2n) is 6.19. The smallest absolute Gasteiger partial charge is 0.254 e. The van der Waals surface area contributed by atoms with Gasteiger partial charge in [-0.15, -0.1) is 17.9 Å². The van der Waals surface area contributed by atoms with Crippen molar-refractivity contribution in [3.05, 3.63) is 64.9 Å². The molecule has 0 radical (unpaired) electrons. The van der Waals surface area contributed by atoms with Crippen molar-refractivity contribution in [3.63, 3.8) is 0 Å². The van der Waals surface area contributed by atoms with Crippen LogP contribution in [0.5, 0.6) is 0 Å². The summed E-state index contributed by atoms with van der Waals surface area (Å²) < 4.78 is 26.7. The Morgan fingerprint density at radius 1 is 1.19 bits per heavy atom. The average Bonchev–Trinajstić information content (AvgIpc) is 3.35. The zero-order chi connectivity index (χ0) is 18.6. The first-order chi connectivity index (χ1) is 12.5. The number of hydrogen-bond donors (Lipinski definition) is 0. The normalized spacial score (nSPS) is 15.1. The number of carbonyl (C=O) groups excluding carboxylic acids is 1. The van der Waals surface area contributed by atoms with E-state index >= 15 is 0 Å². The molecule has 0 unspecified atom stereocenters. The second kappa shape index (κ2) is 8.16. The highest BCUT2D eigenvalue weighted by Gasteiger charge is 2.27. The lowest BCUT2D eigenvalue weighted by Gasteiger charge is -2.21. The van der Waals surface area contributed by atoms with Gasteiger partial charge in [-0.3, -0.25) is 4.79 Å². The van der Waals surface area contributed by atoms with E-state index in [1.54, 1.807) is 34.4 Å². The third kappa shape index (κ3) is 4.06. The van der Waals surface area contributed by atoms with E-state index in [4.69, 9.17) is 0 Å². The van der Waals surface area contributed by atoms with Gasteiger partial charge in [0.05, 0.1) is 11.4 Å². The zero-order valence-corrected chi connectivity index (χ0v) is 16.1. The van der Waals surface area contributed by atoms with Gasteiger partial charge in [-0.25, -0.2) is 8.42 Å². The van der Waals surface area contributed by atoms with Crippen LogP contribution in [0.1, 0.15) is 28.1 Å². The Hall–Kier alpha value is -1.96. The summed E-state index contributed by atoms with van der Waals surface area (Å²) in [4.78, 5) is 15.8. The van der Waals surface area contributed by atoms with Crippen LogP contribution in [0, 0.1) is 0 Å². The van der Waals surface area contributed by atoms with E-state index in [1.807, 2.05) is 17.5 Å². The molecule has 0 atom stereocenters. The number of amides is 1. The Labute approximate surface area is 158 Å². The topological polar surface area (TPSA) is 57.7 Å². The van der Waals surface area contributed by atoms with E-state index in [2.05, 4.69) is 6.58 Å². The van der Waals surface area contributed by atoms with Gasteiger partial charge in [0.2, 0.25) is 10.0 Å². The molecule has 2 aromatic rings. The Morgan fingerprint density at radius 3 is 2.46 bits per heavy atom. The summed E-state index contributed by atoms with van der Waals surface area (Å²) in [5.41, 5.74) is 0.476. The van der Waals surface area contributed by atoms with Crippen molar-refractivity contribution >= 4 is 27.3 Å². The second-order valence-corrected chi connectivity index (χ2v) is 9.16. The lowest BCUT2D eigenvalue weighted by atomic mass is 10.2. The standard InChI is InChI=1S/C19H22N2O3S2/c1-2-11-20(15-17-6-5-14-25-17)19(22)16-7-9-18(10-8-16)26(23,24)21-12-3-4-13-21/h2,5-10,14H,1,3-4,11-13,15H2. The quantitative estimate of drug-likeness (QED) is 0.681. The maximum atomic E-state index is 12.8. The first-order valence-electron chi connectivity index (χ1n) is 8.55. The van der Waals surface area contributed by atoms with Crippen LogP contribution in [-0.4, -0.2) is 43.2 Å². The van der Waals surface area contributed by atoms with Crippen molar-refractivity contribution in [2.75, 3.05) is 19.6 Å². The summed E-state index contributed by atoms with van der Waals surface area (Å²) in [5, 5.41) is 1.98. The number of rotatable bonds is 7. The van der Waals surface area contributed by atoms with Crippen LogP contribution in [-0.2, 0) is 16.6 Å². The summed E-state index contributed by atoms with van der Waals surface area (Å²) in [6, 6.07) is 10.2. The highest BCUT2D eigenvalue weighted by atomic mass is 32.2. The molecule has 1 aliphatic heterocycles.